The number of hydrogen-bond donors (Lipinski definition) is 2. The van der Waals surface area contributed by atoms with Gasteiger partial charge in [-0.1, -0.05) is 0 Å². The quantitative estimate of drug-likeness (QED) is 0.797. The topological polar surface area (TPSA) is 76.1 Å². The standard InChI is InChI=1S/C10H14N4O2/c1-16-9-5-4-8(13-14-9)12-10(15)11-6-7-2-3-7/h4-5,7H,2-3,6H2,1H3,(H2,11,12,13,15). The van der Waals surface area contributed by atoms with E-state index in [0.717, 1.165) is 6.54 Å². The molecule has 0 unspecified atom stereocenters. The molecule has 2 rings (SSSR count). The van der Waals surface area contributed by atoms with Crippen molar-refractivity contribution in [2.24, 2.45) is 5.92 Å². The lowest BCUT2D eigenvalue weighted by Crippen LogP contribution is -2.30. The molecule has 1 aromatic heterocycles. The predicted molar refractivity (Wildman–Crippen MR) is 58.3 cm³/mol. The molecule has 0 radical (unpaired) electrons. The van der Waals surface area contributed by atoms with Crippen LogP contribution in [0.15, 0.2) is 12.1 Å². The number of methoxy groups -OCH3 is 1. The van der Waals surface area contributed by atoms with Gasteiger partial charge in [0.05, 0.1) is 7.11 Å². The summed E-state index contributed by atoms with van der Waals surface area (Å²) in [5, 5.41) is 12.9. The molecule has 0 bridgehead atoms. The van der Waals surface area contributed by atoms with Crippen LogP contribution in [0.2, 0.25) is 0 Å². The third kappa shape index (κ3) is 3.08. The largest absolute Gasteiger partial charge is 0.480 e. The minimum atomic E-state index is -0.244. The first kappa shape index (κ1) is 10.7. The number of rotatable bonds is 4. The maximum absolute atomic E-state index is 11.4. The molecule has 6 heteroatoms. The highest BCUT2D eigenvalue weighted by Gasteiger charge is 2.21. The third-order valence-corrected chi connectivity index (χ3v) is 2.34. The van der Waals surface area contributed by atoms with Crippen molar-refractivity contribution in [3.63, 3.8) is 0 Å². The van der Waals surface area contributed by atoms with Gasteiger partial charge in [-0.15, -0.1) is 10.2 Å². The van der Waals surface area contributed by atoms with Crippen LogP contribution < -0.4 is 15.4 Å². The Morgan fingerprint density at radius 2 is 2.31 bits per heavy atom. The number of ether oxygens (including phenoxy) is 1. The van der Waals surface area contributed by atoms with Crippen molar-refractivity contribution in [2.45, 2.75) is 12.8 Å². The minimum Gasteiger partial charge on any atom is -0.480 e. The number of anilines is 1. The second-order valence-corrected chi connectivity index (χ2v) is 3.74. The van der Waals surface area contributed by atoms with E-state index in [-0.39, 0.29) is 6.03 Å². The Bertz CT molecular complexity index is 362. The Balaban J connectivity index is 1.79. The normalized spacial score (nSPS) is 14.3. The van der Waals surface area contributed by atoms with E-state index in [9.17, 15) is 4.79 Å². The molecule has 1 fully saturated rings. The monoisotopic (exact) mass is 222 g/mol. The summed E-state index contributed by atoms with van der Waals surface area (Å²) in [6.45, 7) is 0.732. The number of carbonyl (C=O) groups is 1. The van der Waals surface area contributed by atoms with Gasteiger partial charge < -0.3 is 10.1 Å². The number of urea groups is 1. The molecule has 2 N–H and O–H groups in total. The first-order valence-corrected chi connectivity index (χ1v) is 5.20. The van der Waals surface area contributed by atoms with Gasteiger partial charge in [0.25, 0.3) is 0 Å². The van der Waals surface area contributed by atoms with Crippen molar-refractivity contribution in [1.82, 2.24) is 15.5 Å². The Morgan fingerprint density at radius 1 is 1.50 bits per heavy atom. The second-order valence-electron chi connectivity index (χ2n) is 3.74. The summed E-state index contributed by atoms with van der Waals surface area (Å²) in [5.41, 5.74) is 0. The van der Waals surface area contributed by atoms with Crippen LogP contribution in [-0.2, 0) is 0 Å². The van der Waals surface area contributed by atoms with Gasteiger partial charge in [0.2, 0.25) is 5.88 Å². The lowest BCUT2D eigenvalue weighted by molar-refractivity contribution is 0.251. The van der Waals surface area contributed by atoms with E-state index >= 15 is 0 Å². The maximum Gasteiger partial charge on any atom is 0.320 e. The van der Waals surface area contributed by atoms with Crippen LogP contribution in [-0.4, -0.2) is 29.9 Å². The SMILES string of the molecule is COc1ccc(NC(=O)NCC2CC2)nn1. The van der Waals surface area contributed by atoms with E-state index in [0.29, 0.717) is 17.6 Å². The predicted octanol–water partition coefficient (Wildman–Crippen LogP) is 1.02. The van der Waals surface area contributed by atoms with Gasteiger partial charge in [-0.2, -0.15) is 0 Å². The summed E-state index contributed by atoms with van der Waals surface area (Å²) >= 11 is 0. The van der Waals surface area contributed by atoms with E-state index in [2.05, 4.69) is 20.8 Å². The number of aromatic nitrogens is 2. The van der Waals surface area contributed by atoms with Crippen molar-refractivity contribution in [2.75, 3.05) is 19.0 Å². The highest BCUT2D eigenvalue weighted by atomic mass is 16.5. The van der Waals surface area contributed by atoms with Crippen LogP contribution in [0.5, 0.6) is 5.88 Å². The summed E-state index contributed by atoms with van der Waals surface area (Å²) in [6, 6.07) is 3.04. The molecular weight excluding hydrogens is 208 g/mol. The minimum absolute atomic E-state index is 0.244. The first-order valence-electron chi connectivity index (χ1n) is 5.20. The van der Waals surface area contributed by atoms with E-state index in [1.165, 1.54) is 20.0 Å². The van der Waals surface area contributed by atoms with Crippen molar-refractivity contribution < 1.29 is 9.53 Å². The first-order chi connectivity index (χ1) is 7.78. The maximum atomic E-state index is 11.4. The molecule has 1 aromatic rings. The van der Waals surface area contributed by atoms with Gasteiger partial charge in [0.1, 0.15) is 0 Å². The van der Waals surface area contributed by atoms with Gasteiger partial charge >= 0.3 is 6.03 Å². The van der Waals surface area contributed by atoms with Crippen molar-refractivity contribution in [3.8, 4) is 5.88 Å². The summed E-state index contributed by atoms with van der Waals surface area (Å²) in [7, 11) is 1.51. The molecule has 1 heterocycles. The number of hydrogen-bond acceptors (Lipinski definition) is 4. The zero-order chi connectivity index (χ0) is 11.4. The van der Waals surface area contributed by atoms with Crippen LogP contribution >= 0.6 is 0 Å². The molecule has 1 saturated carbocycles. The van der Waals surface area contributed by atoms with Crippen molar-refractivity contribution in [3.05, 3.63) is 12.1 Å². The smallest absolute Gasteiger partial charge is 0.320 e. The van der Waals surface area contributed by atoms with E-state index in [4.69, 9.17) is 4.74 Å². The molecule has 0 atom stereocenters. The summed E-state index contributed by atoms with van der Waals surface area (Å²) in [6.07, 6.45) is 2.42. The average Bonchev–Trinajstić information content (AvgIpc) is 3.11. The van der Waals surface area contributed by atoms with Crippen LogP contribution in [0.1, 0.15) is 12.8 Å². The van der Waals surface area contributed by atoms with Crippen molar-refractivity contribution in [1.29, 1.82) is 0 Å². The summed E-state index contributed by atoms with van der Waals surface area (Å²) in [4.78, 5) is 11.4. The Hall–Kier alpha value is -1.85. The van der Waals surface area contributed by atoms with Crippen molar-refractivity contribution >= 4 is 11.8 Å². The lowest BCUT2D eigenvalue weighted by Gasteiger charge is -2.05. The zero-order valence-electron chi connectivity index (χ0n) is 9.06. The average molecular weight is 222 g/mol. The molecule has 1 aliphatic rings. The van der Waals surface area contributed by atoms with Crippen LogP contribution in [0, 0.1) is 5.92 Å². The molecule has 2 amide bonds. The highest BCUT2D eigenvalue weighted by molar-refractivity contribution is 5.88. The Morgan fingerprint density at radius 3 is 2.88 bits per heavy atom. The number of amides is 2. The number of nitrogens with zero attached hydrogens (tertiary/aromatic N) is 2. The molecule has 16 heavy (non-hydrogen) atoms. The van der Waals surface area contributed by atoms with E-state index in [1.807, 2.05) is 0 Å². The third-order valence-electron chi connectivity index (χ3n) is 2.34. The van der Waals surface area contributed by atoms with Gasteiger partial charge in [0, 0.05) is 12.6 Å². The Kier molecular flexibility index (Phi) is 3.19. The van der Waals surface area contributed by atoms with Gasteiger partial charge in [-0.05, 0) is 24.8 Å². The molecule has 0 spiro atoms. The van der Waals surface area contributed by atoms with E-state index < -0.39 is 0 Å². The summed E-state index contributed by atoms with van der Waals surface area (Å²) < 4.78 is 4.86. The Labute approximate surface area is 93.4 Å². The molecule has 0 saturated heterocycles. The molecule has 0 aliphatic heterocycles. The molecule has 6 nitrogen and oxygen atoms in total. The van der Waals surface area contributed by atoms with Crippen LogP contribution in [0.3, 0.4) is 0 Å². The van der Waals surface area contributed by atoms with E-state index in [1.54, 1.807) is 12.1 Å². The molecule has 0 aromatic carbocycles. The lowest BCUT2D eigenvalue weighted by atomic mass is 10.4. The fourth-order valence-electron chi connectivity index (χ4n) is 1.22. The number of carbonyl (C=O) groups excluding carboxylic acids is 1. The molecular formula is C10H14N4O2. The highest BCUT2D eigenvalue weighted by Crippen LogP contribution is 2.27. The fraction of sp³-hybridized carbons (Fsp3) is 0.500. The van der Waals surface area contributed by atoms with Gasteiger partial charge in [-0.3, -0.25) is 5.32 Å². The summed E-state index contributed by atoms with van der Waals surface area (Å²) in [5.74, 6) is 1.49. The number of nitrogens with one attached hydrogen (secondary N) is 2. The van der Waals surface area contributed by atoms with Crippen LogP contribution in [0.25, 0.3) is 0 Å². The van der Waals surface area contributed by atoms with Crippen LogP contribution in [0.4, 0.5) is 10.6 Å². The van der Waals surface area contributed by atoms with Gasteiger partial charge in [0.15, 0.2) is 5.82 Å². The zero-order valence-corrected chi connectivity index (χ0v) is 9.06. The molecule has 86 valence electrons. The van der Waals surface area contributed by atoms with Gasteiger partial charge in [-0.25, -0.2) is 4.79 Å². The molecule has 1 aliphatic carbocycles. The fourth-order valence-corrected chi connectivity index (χ4v) is 1.22. The second kappa shape index (κ2) is 4.78.